The molecule has 0 aromatic heterocycles. The third-order valence-electron chi connectivity index (χ3n) is 6.35. The number of aryl methyl sites for hydroxylation is 3. The summed E-state index contributed by atoms with van der Waals surface area (Å²) in [6, 6.07) is 11.1. The van der Waals surface area contributed by atoms with Crippen LogP contribution < -0.4 is 0 Å². The number of fused-ring (bicyclic) bond motifs is 2. The van der Waals surface area contributed by atoms with Crippen molar-refractivity contribution in [2.75, 3.05) is 0 Å². The second kappa shape index (κ2) is 7.83. The van der Waals surface area contributed by atoms with Crippen molar-refractivity contribution in [1.82, 2.24) is 0 Å². The van der Waals surface area contributed by atoms with Crippen LogP contribution in [0, 0.1) is 18.8 Å². The number of nitroso groups, excluding NO2 is 1. The SMILES string of the molecule is CCc1cccc2c(O)c(-c3c(C)cc4c(C(C)C)c(O)c(O)cc4c3N=O)c(C)cc12. The Morgan fingerprint density at radius 1 is 0.844 bits per heavy atom. The van der Waals surface area contributed by atoms with Crippen LogP contribution in [0.15, 0.2) is 41.6 Å². The molecule has 164 valence electrons. The summed E-state index contributed by atoms with van der Waals surface area (Å²) in [6.45, 7) is 9.67. The molecule has 0 aliphatic heterocycles. The van der Waals surface area contributed by atoms with E-state index in [1.165, 1.54) is 6.07 Å². The monoisotopic (exact) mass is 429 g/mol. The lowest BCUT2D eigenvalue weighted by molar-refractivity contribution is 0.399. The van der Waals surface area contributed by atoms with Crippen LogP contribution in [0.25, 0.3) is 32.7 Å². The van der Waals surface area contributed by atoms with Gasteiger partial charge in [0.2, 0.25) is 0 Å². The molecule has 5 nitrogen and oxygen atoms in total. The molecule has 0 radical (unpaired) electrons. The molecule has 0 bridgehead atoms. The Labute approximate surface area is 186 Å². The van der Waals surface area contributed by atoms with Crippen molar-refractivity contribution in [3.8, 4) is 28.4 Å². The van der Waals surface area contributed by atoms with Gasteiger partial charge in [-0.1, -0.05) is 51.1 Å². The molecule has 0 aliphatic rings. The van der Waals surface area contributed by atoms with E-state index >= 15 is 0 Å². The molecule has 0 unspecified atom stereocenters. The molecule has 0 saturated heterocycles. The second-order valence-corrected chi connectivity index (χ2v) is 8.70. The minimum Gasteiger partial charge on any atom is -0.507 e. The molecule has 0 atom stereocenters. The smallest absolute Gasteiger partial charge is 0.161 e. The van der Waals surface area contributed by atoms with E-state index in [0.717, 1.165) is 33.9 Å². The number of phenolic OH excluding ortho intramolecular Hbond substituents is 3. The fraction of sp³-hybridized carbons (Fsp3) is 0.259. The predicted octanol–water partition coefficient (Wildman–Crippen LogP) is 7.48. The van der Waals surface area contributed by atoms with Gasteiger partial charge in [0.05, 0.1) is 0 Å². The van der Waals surface area contributed by atoms with Crippen LogP contribution in [0.5, 0.6) is 17.2 Å². The summed E-state index contributed by atoms with van der Waals surface area (Å²) >= 11 is 0. The molecule has 32 heavy (non-hydrogen) atoms. The Kier molecular flexibility index (Phi) is 5.29. The van der Waals surface area contributed by atoms with Gasteiger partial charge in [-0.15, -0.1) is 4.91 Å². The fourth-order valence-electron chi connectivity index (χ4n) is 4.87. The van der Waals surface area contributed by atoms with Crippen LogP contribution in [0.4, 0.5) is 5.69 Å². The Hall–Kier alpha value is -3.60. The van der Waals surface area contributed by atoms with Crippen LogP contribution in [0.2, 0.25) is 0 Å². The van der Waals surface area contributed by atoms with Gasteiger partial charge >= 0.3 is 0 Å². The highest BCUT2D eigenvalue weighted by Gasteiger charge is 2.24. The molecule has 3 N–H and O–H groups in total. The van der Waals surface area contributed by atoms with Crippen LogP contribution in [-0.2, 0) is 6.42 Å². The van der Waals surface area contributed by atoms with E-state index in [-0.39, 0.29) is 28.9 Å². The summed E-state index contributed by atoms with van der Waals surface area (Å²) in [5, 5.41) is 38.3. The summed E-state index contributed by atoms with van der Waals surface area (Å²) < 4.78 is 0. The quantitative estimate of drug-likeness (QED) is 0.232. The number of phenols is 3. The van der Waals surface area contributed by atoms with Crippen molar-refractivity contribution < 1.29 is 15.3 Å². The van der Waals surface area contributed by atoms with Gasteiger partial charge in [0.25, 0.3) is 0 Å². The van der Waals surface area contributed by atoms with Crippen LogP contribution >= 0.6 is 0 Å². The van der Waals surface area contributed by atoms with E-state index in [4.69, 9.17) is 0 Å². The first-order valence-corrected chi connectivity index (χ1v) is 10.8. The average Bonchev–Trinajstić information content (AvgIpc) is 2.74. The molecule has 0 amide bonds. The summed E-state index contributed by atoms with van der Waals surface area (Å²) in [4.78, 5) is 12.2. The van der Waals surface area contributed by atoms with Gasteiger partial charge in [0, 0.05) is 27.5 Å². The van der Waals surface area contributed by atoms with Gasteiger partial charge in [-0.3, -0.25) is 0 Å². The normalized spacial score (nSPS) is 11.6. The number of nitrogens with zero attached hydrogens (tertiary/aromatic N) is 1. The van der Waals surface area contributed by atoms with Crippen molar-refractivity contribution in [2.45, 2.75) is 47.0 Å². The van der Waals surface area contributed by atoms with E-state index in [1.807, 2.05) is 58.0 Å². The van der Waals surface area contributed by atoms with Crippen molar-refractivity contribution >= 4 is 27.2 Å². The molecule has 0 saturated carbocycles. The summed E-state index contributed by atoms with van der Waals surface area (Å²) in [5.41, 5.74) is 4.51. The van der Waals surface area contributed by atoms with Crippen LogP contribution in [-0.4, -0.2) is 15.3 Å². The molecule has 0 heterocycles. The second-order valence-electron chi connectivity index (χ2n) is 8.70. The lowest BCUT2D eigenvalue weighted by atomic mass is 9.85. The first-order valence-electron chi connectivity index (χ1n) is 10.8. The highest BCUT2D eigenvalue weighted by Crippen LogP contribution is 2.50. The Bertz CT molecular complexity index is 1400. The summed E-state index contributed by atoms with van der Waals surface area (Å²) in [6.07, 6.45) is 0.840. The zero-order valence-corrected chi connectivity index (χ0v) is 18.9. The van der Waals surface area contributed by atoms with Gasteiger partial charge in [0.15, 0.2) is 11.5 Å². The van der Waals surface area contributed by atoms with Crippen molar-refractivity contribution in [3.05, 3.63) is 63.6 Å². The molecule has 0 spiro atoms. The first-order chi connectivity index (χ1) is 15.2. The summed E-state index contributed by atoms with van der Waals surface area (Å²) in [5.74, 6) is -0.464. The largest absolute Gasteiger partial charge is 0.507 e. The van der Waals surface area contributed by atoms with Crippen LogP contribution in [0.3, 0.4) is 0 Å². The maximum Gasteiger partial charge on any atom is 0.161 e. The van der Waals surface area contributed by atoms with Gasteiger partial charge < -0.3 is 15.3 Å². The zero-order chi connectivity index (χ0) is 23.3. The van der Waals surface area contributed by atoms with E-state index in [9.17, 15) is 20.2 Å². The maximum atomic E-state index is 12.2. The number of rotatable bonds is 4. The zero-order valence-electron chi connectivity index (χ0n) is 18.9. The molecule has 0 fully saturated rings. The highest BCUT2D eigenvalue weighted by molar-refractivity contribution is 6.08. The minimum atomic E-state index is -0.298. The van der Waals surface area contributed by atoms with Crippen molar-refractivity contribution in [2.24, 2.45) is 5.18 Å². The van der Waals surface area contributed by atoms with E-state index < -0.39 is 0 Å². The maximum absolute atomic E-state index is 12.2. The standard InChI is InChI=1S/C27H27NO4/c1-6-16-8-7-9-17-18(16)10-15(5)24(26(17)30)23-14(4)11-19-20(25(23)28-32)12-21(29)27(31)22(19)13(2)3/h7-13,29-31H,6H2,1-5H3. The van der Waals surface area contributed by atoms with Gasteiger partial charge in [0.1, 0.15) is 11.4 Å². The van der Waals surface area contributed by atoms with Crippen LogP contribution in [0.1, 0.15) is 48.9 Å². The lowest BCUT2D eigenvalue weighted by Gasteiger charge is -2.20. The van der Waals surface area contributed by atoms with E-state index in [1.54, 1.807) is 0 Å². The molecular weight excluding hydrogens is 402 g/mol. The molecule has 4 rings (SSSR count). The van der Waals surface area contributed by atoms with Gasteiger partial charge in [-0.25, -0.2) is 0 Å². The Morgan fingerprint density at radius 3 is 2.12 bits per heavy atom. The average molecular weight is 430 g/mol. The fourth-order valence-corrected chi connectivity index (χ4v) is 4.87. The Balaban J connectivity index is 2.17. The number of benzene rings is 4. The summed E-state index contributed by atoms with van der Waals surface area (Å²) in [7, 11) is 0. The third kappa shape index (κ3) is 3.08. The topological polar surface area (TPSA) is 90.1 Å². The minimum absolute atomic E-state index is 0.0855. The van der Waals surface area contributed by atoms with Crippen molar-refractivity contribution in [1.29, 1.82) is 0 Å². The predicted molar refractivity (Wildman–Crippen MR) is 130 cm³/mol. The first kappa shape index (κ1) is 21.6. The number of hydrogen-bond acceptors (Lipinski definition) is 5. The van der Waals surface area contributed by atoms with Crippen molar-refractivity contribution in [3.63, 3.8) is 0 Å². The highest BCUT2D eigenvalue weighted by atomic mass is 16.3. The number of aromatic hydroxyl groups is 3. The molecule has 5 heteroatoms. The lowest BCUT2D eigenvalue weighted by Crippen LogP contribution is -1.96. The third-order valence-corrected chi connectivity index (χ3v) is 6.35. The van der Waals surface area contributed by atoms with Gasteiger partial charge in [-0.2, -0.15) is 0 Å². The van der Waals surface area contributed by atoms with E-state index in [2.05, 4.69) is 12.1 Å². The molecule has 4 aromatic carbocycles. The molecule has 4 aromatic rings. The van der Waals surface area contributed by atoms with E-state index in [0.29, 0.717) is 27.5 Å². The molecular formula is C27H27NO4. The molecule has 0 aliphatic carbocycles. The number of hydrogen-bond donors (Lipinski definition) is 3. The van der Waals surface area contributed by atoms with Gasteiger partial charge in [-0.05, 0) is 64.9 Å². The Morgan fingerprint density at radius 2 is 1.50 bits per heavy atom.